The van der Waals surface area contributed by atoms with Crippen molar-refractivity contribution < 1.29 is 4.79 Å². The van der Waals surface area contributed by atoms with Gasteiger partial charge in [0, 0.05) is 29.1 Å². The molecule has 1 N–H and O–H groups in total. The number of benzene rings is 1. The molecule has 0 saturated carbocycles. The van der Waals surface area contributed by atoms with Crippen LogP contribution < -0.4 is 0 Å². The van der Waals surface area contributed by atoms with Crippen LogP contribution in [0.1, 0.15) is 34.6 Å². The lowest BCUT2D eigenvalue weighted by Gasteiger charge is -2.30. The Hall–Kier alpha value is -1.61. The second-order valence-electron chi connectivity index (χ2n) is 4.50. The summed E-state index contributed by atoms with van der Waals surface area (Å²) in [5.74, 6) is 0. The monoisotopic (exact) mass is 214 g/mol. The third-order valence-electron chi connectivity index (χ3n) is 3.63. The van der Waals surface area contributed by atoms with Gasteiger partial charge in [-0.05, 0) is 25.6 Å². The predicted octanol–water partition coefficient (Wildman–Crippen LogP) is 2.49. The molecule has 1 aromatic carbocycles. The van der Waals surface area contributed by atoms with Crippen LogP contribution in [0, 0.1) is 0 Å². The third kappa shape index (κ3) is 1.09. The van der Waals surface area contributed by atoms with Gasteiger partial charge in [0.25, 0.3) is 0 Å². The number of aromatic nitrogens is 1. The zero-order valence-corrected chi connectivity index (χ0v) is 9.45. The first-order valence-corrected chi connectivity index (χ1v) is 5.51. The van der Waals surface area contributed by atoms with E-state index in [9.17, 15) is 4.79 Å². The second kappa shape index (κ2) is 3.19. The van der Waals surface area contributed by atoms with Crippen LogP contribution in [0.2, 0.25) is 0 Å². The molecular weight excluding hydrogens is 200 g/mol. The van der Waals surface area contributed by atoms with E-state index in [1.54, 1.807) is 0 Å². The number of hydrogen-bond donors (Lipinski definition) is 1. The summed E-state index contributed by atoms with van der Waals surface area (Å²) in [5, 5.41) is 1.25. The fraction of sp³-hybridized carbons (Fsp3) is 0.308. The Bertz CT molecular complexity index is 571. The average Bonchev–Trinajstić information content (AvgIpc) is 2.65. The highest BCUT2D eigenvalue weighted by Crippen LogP contribution is 2.36. The van der Waals surface area contributed by atoms with Gasteiger partial charge in [0.05, 0.1) is 5.69 Å². The minimum Gasteiger partial charge on any atom is -0.352 e. The summed E-state index contributed by atoms with van der Waals surface area (Å²) in [4.78, 5) is 16.5. The first-order chi connectivity index (χ1) is 7.72. The zero-order chi connectivity index (χ0) is 11.3. The number of aromatic amines is 1. The average molecular weight is 214 g/mol. The molecule has 0 radical (unpaired) electrons. The molecule has 1 aliphatic heterocycles. The van der Waals surface area contributed by atoms with Crippen LogP contribution in [0.15, 0.2) is 18.2 Å². The van der Waals surface area contributed by atoms with Crippen molar-refractivity contribution in [2.75, 3.05) is 7.05 Å². The van der Waals surface area contributed by atoms with Gasteiger partial charge < -0.3 is 4.98 Å². The van der Waals surface area contributed by atoms with Crippen LogP contribution >= 0.6 is 0 Å². The van der Waals surface area contributed by atoms with Gasteiger partial charge in [-0.15, -0.1) is 0 Å². The fourth-order valence-corrected chi connectivity index (χ4v) is 2.60. The molecule has 0 amide bonds. The quantitative estimate of drug-likeness (QED) is 0.740. The number of carbonyl (C=O) groups excluding carboxylic acids is 1. The SMILES string of the molecule is CC1c2cccc3[nH]c(C=O)c(c23)CN1C. The Kier molecular flexibility index (Phi) is 1.91. The summed E-state index contributed by atoms with van der Waals surface area (Å²) in [7, 11) is 2.09. The van der Waals surface area contributed by atoms with Crippen LogP contribution in [-0.2, 0) is 6.54 Å². The maximum Gasteiger partial charge on any atom is 0.166 e. The third-order valence-corrected chi connectivity index (χ3v) is 3.63. The standard InChI is InChI=1S/C13H14N2O/c1-8-9-4-3-5-11-13(9)10(6-15(8)2)12(7-16)14-11/h3-5,7-8,14H,6H2,1-2H3. The molecule has 1 unspecified atom stereocenters. The summed E-state index contributed by atoms with van der Waals surface area (Å²) in [6.07, 6.45) is 0.920. The van der Waals surface area contributed by atoms with Crippen molar-refractivity contribution in [1.29, 1.82) is 0 Å². The highest BCUT2D eigenvalue weighted by molar-refractivity contribution is 5.95. The van der Waals surface area contributed by atoms with Gasteiger partial charge in [-0.1, -0.05) is 12.1 Å². The number of aldehydes is 1. The molecular formula is C13H14N2O. The topological polar surface area (TPSA) is 36.1 Å². The molecule has 0 aliphatic carbocycles. The second-order valence-corrected chi connectivity index (χ2v) is 4.50. The van der Waals surface area contributed by atoms with E-state index in [4.69, 9.17) is 0 Å². The van der Waals surface area contributed by atoms with Crippen molar-refractivity contribution in [3.8, 4) is 0 Å². The Morgan fingerprint density at radius 3 is 3.06 bits per heavy atom. The van der Waals surface area contributed by atoms with Crippen molar-refractivity contribution in [3.63, 3.8) is 0 Å². The Morgan fingerprint density at radius 1 is 1.50 bits per heavy atom. The van der Waals surface area contributed by atoms with E-state index in [-0.39, 0.29) is 0 Å². The molecule has 3 heteroatoms. The van der Waals surface area contributed by atoms with E-state index in [2.05, 4.69) is 29.9 Å². The number of nitrogens with zero attached hydrogens (tertiary/aromatic N) is 1. The molecule has 16 heavy (non-hydrogen) atoms. The van der Waals surface area contributed by atoms with E-state index in [1.807, 2.05) is 12.1 Å². The normalized spacial score (nSPS) is 20.2. The van der Waals surface area contributed by atoms with Crippen LogP contribution in [-0.4, -0.2) is 23.2 Å². The van der Waals surface area contributed by atoms with Crippen LogP contribution in [0.25, 0.3) is 10.9 Å². The van der Waals surface area contributed by atoms with Gasteiger partial charge >= 0.3 is 0 Å². The van der Waals surface area contributed by atoms with E-state index in [1.165, 1.54) is 10.9 Å². The Balaban J connectivity index is 2.41. The molecule has 2 aromatic rings. The van der Waals surface area contributed by atoms with Crippen LogP contribution in [0.5, 0.6) is 0 Å². The van der Waals surface area contributed by atoms with E-state index in [0.29, 0.717) is 6.04 Å². The van der Waals surface area contributed by atoms with Gasteiger partial charge in [-0.2, -0.15) is 0 Å². The maximum atomic E-state index is 11.0. The minimum atomic E-state index is 0.409. The molecule has 0 saturated heterocycles. The maximum absolute atomic E-state index is 11.0. The molecule has 0 bridgehead atoms. The summed E-state index contributed by atoms with van der Waals surface area (Å²) in [6, 6.07) is 6.64. The van der Waals surface area contributed by atoms with E-state index in [0.717, 1.165) is 29.6 Å². The molecule has 1 atom stereocenters. The number of nitrogens with one attached hydrogen (secondary N) is 1. The van der Waals surface area contributed by atoms with E-state index >= 15 is 0 Å². The van der Waals surface area contributed by atoms with Crippen LogP contribution in [0.3, 0.4) is 0 Å². The molecule has 1 aromatic heterocycles. The van der Waals surface area contributed by atoms with E-state index < -0.39 is 0 Å². The first-order valence-electron chi connectivity index (χ1n) is 5.51. The molecule has 3 rings (SSSR count). The van der Waals surface area contributed by atoms with Gasteiger partial charge in [-0.3, -0.25) is 9.69 Å². The highest BCUT2D eigenvalue weighted by atomic mass is 16.1. The molecule has 82 valence electrons. The van der Waals surface area contributed by atoms with Crippen molar-refractivity contribution in [1.82, 2.24) is 9.88 Å². The predicted molar refractivity (Wildman–Crippen MR) is 63.6 cm³/mol. The first kappa shape index (κ1) is 9.60. The van der Waals surface area contributed by atoms with Gasteiger partial charge in [-0.25, -0.2) is 0 Å². The molecule has 0 fully saturated rings. The summed E-state index contributed by atoms with van der Waals surface area (Å²) >= 11 is 0. The van der Waals surface area contributed by atoms with Gasteiger partial charge in [0.1, 0.15) is 0 Å². The lowest BCUT2D eigenvalue weighted by molar-refractivity contribution is 0.111. The largest absolute Gasteiger partial charge is 0.352 e. The summed E-state index contributed by atoms with van der Waals surface area (Å²) in [6.45, 7) is 3.04. The Labute approximate surface area is 94.1 Å². The molecule has 1 aliphatic rings. The lowest BCUT2D eigenvalue weighted by Crippen LogP contribution is -2.25. The highest BCUT2D eigenvalue weighted by Gasteiger charge is 2.25. The Morgan fingerprint density at radius 2 is 2.31 bits per heavy atom. The minimum absolute atomic E-state index is 0.409. The van der Waals surface area contributed by atoms with Crippen molar-refractivity contribution in [2.24, 2.45) is 0 Å². The van der Waals surface area contributed by atoms with Gasteiger partial charge in [0.2, 0.25) is 0 Å². The van der Waals surface area contributed by atoms with Crippen molar-refractivity contribution >= 4 is 17.2 Å². The zero-order valence-electron chi connectivity index (χ0n) is 9.45. The number of H-pyrrole nitrogens is 1. The smallest absolute Gasteiger partial charge is 0.166 e. The summed E-state index contributed by atoms with van der Waals surface area (Å²) in [5.41, 5.74) is 4.25. The number of rotatable bonds is 1. The van der Waals surface area contributed by atoms with Crippen molar-refractivity contribution in [3.05, 3.63) is 35.0 Å². The molecule has 0 spiro atoms. The molecule has 3 nitrogen and oxygen atoms in total. The molecule has 2 heterocycles. The fourth-order valence-electron chi connectivity index (χ4n) is 2.60. The summed E-state index contributed by atoms with van der Waals surface area (Å²) < 4.78 is 0. The van der Waals surface area contributed by atoms with Gasteiger partial charge in [0.15, 0.2) is 6.29 Å². The van der Waals surface area contributed by atoms with Crippen molar-refractivity contribution in [2.45, 2.75) is 19.5 Å². The number of carbonyl (C=O) groups is 1. The van der Waals surface area contributed by atoms with Crippen LogP contribution in [0.4, 0.5) is 0 Å². The number of hydrogen-bond acceptors (Lipinski definition) is 2. The lowest BCUT2D eigenvalue weighted by atomic mass is 9.94.